The predicted octanol–water partition coefficient (Wildman–Crippen LogP) is 4.78. The van der Waals surface area contributed by atoms with Crippen LogP contribution in [0.2, 0.25) is 0 Å². The van der Waals surface area contributed by atoms with Crippen LogP contribution in [0.5, 0.6) is 11.5 Å². The molecule has 0 radical (unpaired) electrons. The van der Waals surface area contributed by atoms with E-state index in [0.717, 1.165) is 5.56 Å². The highest BCUT2D eigenvalue weighted by Crippen LogP contribution is 2.31. The van der Waals surface area contributed by atoms with Gasteiger partial charge in [-0.3, -0.25) is 15.3 Å². The van der Waals surface area contributed by atoms with Gasteiger partial charge < -0.3 is 19.3 Å². The molecule has 9 heteroatoms. The van der Waals surface area contributed by atoms with Crippen molar-refractivity contribution < 1.29 is 34.1 Å². The number of amides is 2. The molecule has 2 amide bonds. The highest BCUT2D eigenvalue weighted by molar-refractivity contribution is 5.87. The summed E-state index contributed by atoms with van der Waals surface area (Å²) in [5.41, 5.74) is 3.65. The molecule has 36 heavy (non-hydrogen) atoms. The van der Waals surface area contributed by atoms with Crippen LogP contribution in [-0.4, -0.2) is 42.6 Å². The number of allylic oxidation sites excluding steroid dienone is 3. The van der Waals surface area contributed by atoms with Gasteiger partial charge in [-0.25, -0.2) is 10.3 Å². The van der Waals surface area contributed by atoms with Crippen LogP contribution in [0.4, 0.5) is 10.5 Å². The Bertz CT molecular complexity index is 1020. The molecule has 2 rings (SSSR count). The van der Waals surface area contributed by atoms with Crippen LogP contribution >= 0.6 is 0 Å². The van der Waals surface area contributed by atoms with Crippen LogP contribution in [0.25, 0.3) is 0 Å². The van der Waals surface area contributed by atoms with Gasteiger partial charge in [0, 0.05) is 11.8 Å². The first kappa shape index (κ1) is 28.4. The van der Waals surface area contributed by atoms with E-state index in [2.05, 4.69) is 5.32 Å². The number of benzene rings is 2. The Hall–Kier alpha value is -3.82. The lowest BCUT2D eigenvalue weighted by atomic mass is 9.93. The molecule has 0 spiro atoms. The Morgan fingerprint density at radius 1 is 1.06 bits per heavy atom. The van der Waals surface area contributed by atoms with Gasteiger partial charge in [-0.1, -0.05) is 31.2 Å². The van der Waals surface area contributed by atoms with Crippen LogP contribution < -0.4 is 20.3 Å². The molecule has 0 aliphatic carbocycles. The first-order valence-electron chi connectivity index (χ1n) is 11.6. The third-order valence-corrected chi connectivity index (χ3v) is 5.29. The first-order valence-corrected chi connectivity index (χ1v) is 11.6. The Balaban J connectivity index is 2.09. The number of aliphatic hydroxyl groups excluding tert-OH is 1. The topological polar surface area (TPSA) is 126 Å². The highest BCUT2D eigenvalue weighted by atomic mass is 16.6. The summed E-state index contributed by atoms with van der Waals surface area (Å²) >= 11 is 0. The maximum Gasteiger partial charge on any atom is 0.412 e. The molecule has 0 heterocycles. The van der Waals surface area contributed by atoms with Crippen molar-refractivity contribution in [1.29, 1.82) is 0 Å². The fourth-order valence-electron chi connectivity index (χ4n) is 3.43. The number of hydroxylamine groups is 1. The predicted molar refractivity (Wildman–Crippen MR) is 136 cm³/mol. The molecule has 0 unspecified atom stereocenters. The van der Waals surface area contributed by atoms with Crippen molar-refractivity contribution in [2.45, 2.75) is 32.8 Å². The Morgan fingerprint density at radius 2 is 1.72 bits per heavy atom. The van der Waals surface area contributed by atoms with E-state index in [1.54, 1.807) is 62.0 Å². The quantitative estimate of drug-likeness (QED) is 0.135. The fraction of sp³-hybridized carbons (Fsp3) is 0.333. The monoisotopic (exact) mass is 498 g/mol. The van der Waals surface area contributed by atoms with Gasteiger partial charge in [0.1, 0.15) is 24.2 Å². The lowest BCUT2D eigenvalue weighted by Gasteiger charge is -2.25. The number of methoxy groups -OCH3 is 1. The van der Waals surface area contributed by atoms with Crippen LogP contribution in [0.1, 0.15) is 38.4 Å². The van der Waals surface area contributed by atoms with Crippen LogP contribution in [-0.2, 0) is 9.53 Å². The maximum absolute atomic E-state index is 12.7. The van der Waals surface area contributed by atoms with Gasteiger partial charge in [-0.05, 0) is 73.2 Å². The Labute approximate surface area is 211 Å². The zero-order valence-electron chi connectivity index (χ0n) is 20.8. The molecule has 0 saturated carbocycles. The van der Waals surface area contributed by atoms with E-state index in [9.17, 15) is 9.59 Å². The molecule has 0 aromatic heterocycles. The summed E-state index contributed by atoms with van der Waals surface area (Å²) < 4.78 is 16.4. The highest BCUT2D eigenvalue weighted by Gasteiger charge is 2.23. The number of rotatable bonds is 13. The summed E-state index contributed by atoms with van der Waals surface area (Å²) in [7, 11) is 1.57. The third kappa shape index (κ3) is 9.81. The van der Waals surface area contributed by atoms with Gasteiger partial charge in [-0.2, -0.15) is 0 Å². The summed E-state index contributed by atoms with van der Waals surface area (Å²) in [5, 5.41) is 20.3. The minimum absolute atomic E-state index is 0.0366. The van der Waals surface area contributed by atoms with Crippen molar-refractivity contribution >= 4 is 17.7 Å². The molecular weight excluding hydrogens is 464 g/mol. The van der Waals surface area contributed by atoms with E-state index in [1.807, 2.05) is 25.1 Å². The normalized spacial score (nSPS) is 13.1. The van der Waals surface area contributed by atoms with E-state index in [0.29, 0.717) is 35.6 Å². The fourth-order valence-corrected chi connectivity index (χ4v) is 3.43. The zero-order valence-corrected chi connectivity index (χ0v) is 20.8. The van der Waals surface area contributed by atoms with Crippen LogP contribution in [0.15, 0.2) is 72.3 Å². The van der Waals surface area contributed by atoms with E-state index in [4.69, 9.17) is 24.5 Å². The number of anilines is 1. The minimum Gasteiger partial charge on any atom is -0.497 e. The summed E-state index contributed by atoms with van der Waals surface area (Å²) in [6.07, 6.45) is 5.29. The van der Waals surface area contributed by atoms with Crippen molar-refractivity contribution in [3.05, 3.63) is 77.9 Å². The summed E-state index contributed by atoms with van der Waals surface area (Å²) in [6.45, 7) is 3.87. The van der Waals surface area contributed by atoms with Gasteiger partial charge in [0.25, 0.3) is 5.91 Å². The molecule has 0 bridgehead atoms. The SMILES string of the molecule is COc1ccc(NC(=O)O[C@H](c2ccc(OCCO)cc2)[C@H](C)CC/C=C/C(C)=C/C(=O)NO)cc1. The first-order chi connectivity index (χ1) is 17.4. The van der Waals surface area contributed by atoms with Gasteiger partial charge in [-0.15, -0.1) is 0 Å². The maximum atomic E-state index is 12.7. The number of hydrogen-bond acceptors (Lipinski definition) is 7. The second kappa shape index (κ2) is 15.2. The lowest BCUT2D eigenvalue weighted by molar-refractivity contribution is -0.124. The average Bonchev–Trinajstić information content (AvgIpc) is 2.89. The minimum atomic E-state index is -0.590. The average molecular weight is 499 g/mol. The number of carbonyl (C=O) groups is 2. The lowest BCUT2D eigenvalue weighted by Crippen LogP contribution is -2.22. The van der Waals surface area contributed by atoms with Crippen LogP contribution in [0, 0.1) is 5.92 Å². The number of carbonyl (C=O) groups excluding carboxylic acids is 2. The molecule has 0 saturated heterocycles. The van der Waals surface area contributed by atoms with Crippen molar-refractivity contribution in [1.82, 2.24) is 5.48 Å². The third-order valence-electron chi connectivity index (χ3n) is 5.29. The van der Waals surface area contributed by atoms with Crippen LogP contribution in [0.3, 0.4) is 0 Å². The second-order valence-electron chi connectivity index (χ2n) is 8.14. The smallest absolute Gasteiger partial charge is 0.412 e. The van der Waals surface area contributed by atoms with E-state index >= 15 is 0 Å². The van der Waals surface area contributed by atoms with Crippen molar-refractivity contribution in [2.75, 3.05) is 25.6 Å². The molecule has 9 nitrogen and oxygen atoms in total. The largest absolute Gasteiger partial charge is 0.497 e. The van der Waals surface area contributed by atoms with E-state index in [1.165, 1.54) is 6.08 Å². The van der Waals surface area contributed by atoms with Gasteiger partial charge in [0.05, 0.1) is 13.7 Å². The Morgan fingerprint density at radius 3 is 2.33 bits per heavy atom. The van der Waals surface area contributed by atoms with Crippen molar-refractivity contribution in [3.8, 4) is 11.5 Å². The van der Waals surface area contributed by atoms with E-state index < -0.39 is 18.1 Å². The molecule has 0 aliphatic rings. The summed E-state index contributed by atoms with van der Waals surface area (Å²) in [5.74, 6) is 0.664. The molecule has 4 N–H and O–H groups in total. The van der Waals surface area contributed by atoms with Gasteiger partial charge in [0.2, 0.25) is 0 Å². The molecule has 2 aromatic rings. The molecular formula is C27H34N2O7. The van der Waals surface area contributed by atoms with Gasteiger partial charge in [0.15, 0.2) is 0 Å². The number of nitrogens with one attached hydrogen (secondary N) is 2. The zero-order chi connectivity index (χ0) is 26.3. The second-order valence-corrected chi connectivity index (χ2v) is 8.14. The van der Waals surface area contributed by atoms with Crippen molar-refractivity contribution in [3.63, 3.8) is 0 Å². The molecule has 194 valence electrons. The standard InChI is InChI=1S/C27H34N2O7/c1-19(18-25(31)29-33)6-4-5-7-20(2)26(21-8-12-24(13-9-21)35-17-16-30)36-27(32)28-22-10-14-23(34-3)15-11-22/h4,6,8-15,18,20,26,30,33H,5,7,16-17H2,1-3H3,(H,28,32)(H,29,31)/b6-4+,19-18+/t20-,26+/m1/s1. The number of aliphatic hydroxyl groups is 1. The molecule has 2 aromatic carbocycles. The number of ether oxygens (including phenoxy) is 3. The van der Waals surface area contributed by atoms with Gasteiger partial charge >= 0.3 is 6.09 Å². The molecule has 0 fully saturated rings. The van der Waals surface area contributed by atoms with Crippen molar-refractivity contribution in [2.24, 2.45) is 5.92 Å². The number of hydrogen-bond donors (Lipinski definition) is 4. The summed E-state index contributed by atoms with van der Waals surface area (Å²) in [6, 6.07) is 14.2. The molecule has 0 aliphatic heterocycles. The Kier molecular flexibility index (Phi) is 12.0. The summed E-state index contributed by atoms with van der Waals surface area (Å²) in [4.78, 5) is 23.9. The molecule has 2 atom stereocenters. The van der Waals surface area contributed by atoms with E-state index in [-0.39, 0.29) is 19.1 Å².